The number of fused-ring (bicyclic) bond motifs is 3. The van der Waals surface area contributed by atoms with E-state index in [1.54, 1.807) is 11.3 Å². The molecule has 4 aromatic heterocycles. The van der Waals surface area contributed by atoms with E-state index < -0.39 is 0 Å². The van der Waals surface area contributed by atoms with E-state index in [1.165, 1.54) is 19.3 Å². The summed E-state index contributed by atoms with van der Waals surface area (Å²) in [5.74, 6) is 0.672. The van der Waals surface area contributed by atoms with Gasteiger partial charge in [0.2, 0.25) is 11.3 Å². The van der Waals surface area contributed by atoms with Crippen LogP contribution in [0.4, 0.5) is 5.82 Å². The lowest BCUT2D eigenvalue weighted by Crippen LogP contribution is -2.15. The Hall–Kier alpha value is -3.07. The predicted octanol–water partition coefficient (Wildman–Crippen LogP) is 4.33. The Balaban J connectivity index is 1.67. The van der Waals surface area contributed by atoms with Crippen LogP contribution in [0.3, 0.4) is 0 Å². The van der Waals surface area contributed by atoms with Gasteiger partial charge in [-0.05, 0) is 35.3 Å². The molecule has 0 radical (unpaired) electrons. The zero-order valence-corrected chi connectivity index (χ0v) is 15.8. The van der Waals surface area contributed by atoms with Crippen molar-refractivity contribution in [3.8, 4) is 10.6 Å². The SMILES string of the molecule is Nc1c(-c2nc3ccccc3s2)c2nc3nonc3nc2n1C1CCCCC1. The smallest absolute Gasteiger partial charge is 0.245 e. The molecule has 1 aliphatic rings. The average molecular weight is 391 g/mol. The number of thiazole rings is 1. The van der Waals surface area contributed by atoms with Crippen molar-refractivity contribution in [3.63, 3.8) is 0 Å². The predicted molar refractivity (Wildman–Crippen MR) is 108 cm³/mol. The first-order valence-corrected chi connectivity index (χ1v) is 10.3. The van der Waals surface area contributed by atoms with E-state index in [2.05, 4.69) is 20.9 Å². The van der Waals surface area contributed by atoms with Gasteiger partial charge < -0.3 is 10.3 Å². The summed E-state index contributed by atoms with van der Waals surface area (Å²) in [4.78, 5) is 14.2. The van der Waals surface area contributed by atoms with E-state index in [9.17, 15) is 0 Å². The number of hydrogen-bond acceptors (Lipinski definition) is 8. The van der Waals surface area contributed by atoms with E-state index >= 15 is 0 Å². The summed E-state index contributed by atoms with van der Waals surface area (Å²) in [5.41, 5.74) is 10.7. The maximum Gasteiger partial charge on any atom is 0.245 e. The Morgan fingerprint density at radius 3 is 2.61 bits per heavy atom. The average Bonchev–Trinajstić information content (AvgIpc) is 3.41. The highest BCUT2D eigenvalue weighted by molar-refractivity contribution is 7.21. The zero-order valence-electron chi connectivity index (χ0n) is 15.0. The third-order valence-electron chi connectivity index (χ3n) is 5.52. The molecule has 0 saturated heterocycles. The molecule has 28 heavy (non-hydrogen) atoms. The Bertz CT molecular complexity index is 1300. The van der Waals surface area contributed by atoms with Crippen molar-refractivity contribution in [2.75, 3.05) is 5.73 Å². The third kappa shape index (κ3) is 2.26. The molecule has 5 aromatic rings. The number of anilines is 1. The number of nitrogens with zero attached hydrogens (tertiary/aromatic N) is 6. The van der Waals surface area contributed by atoms with E-state index in [0.717, 1.165) is 39.3 Å². The van der Waals surface area contributed by atoms with Crippen LogP contribution in [-0.2, 0) is 0 Å². The number of nitrogen functional groups attached to an aromatic ring is 1. The van der Waals surface area contributed by atoms with Gasteiger partial charge in [-0.3, -0.25) is 0 Å². The van der Waals surface area contributed by atoms with Gasteiger partial charge in [-0.15, -0.1) is 11.3 Å². The van der Waals surface area contributed by atoms with Crippen molar-refractivity contribution in [3.05, 3.63) is 24.3 Å². The van der Waals surface area contributed by atoms with Gasteiger partial charge in [-0.25, -0.2) is 19.6 Å². The molecule has 0 bridgehead atoms. The second-order valence-corrected chi connectivity index (χ2v) is 8.25. The first-order chi connectivity index (χ1) is 13.8. The number of aromatic nitrogens is 6. The molecular formula is C19H17N7OS. The summed E-state index contributed by atoms with van der Waals surface area (Å²) >= 11 is 1.62. The lowest BCUT2D eigenvalue weighted by atomic mass is 9.95. The molecule has 4 heterocycles. The lowest BCUT2D eigenvalue weighted by Gasteiger charge is -2.24. The summed E-state index contributed by atoms with van der Waals surface area (Å²) in [6.07, 6.45) is 5.83. The Labute approximate surface area is 163 Å². The van der Waals surface area contributed by atoms with Gasteiger partial charge in [0.1, 0.15) is 16.3 Å². The fraction of sp³-hybridized carbons (Fsp3) is 0.316. The third-order valence-corrected chi connectivity index (χ3v) is 6.58. The Morgan fingerprint density at radius 2 is 1.79 bits per heavy atom. The van der Waals surface area contributed by atoms with Gasteiger partial charge >= 0.3 is 0 Å². The first kappa shape index (κ1) is 15.9. The van der Waals surface area contributed by atoms with Crippen molar-refractivity contribution in [2.45, 2.75) is 38.1 Å². The molecule has 0 amide bonds. The van der Waals surface area contributed by atoms with Crippen molar-refractivity contribution in [2.24, 2.45) is 0 Å². The minimum absolute atomic E-state index is 0.311. The maximum absolute atomic E-state index is 6.72. The minimum atomic E-state index is 0.311. The zero-order chi connectivity index (χ0) is 18.7. The van der Waals surface area contributed by atoms with Crippen LogP contribution in [0.15, 0.2) is 28.9 Å². The molecule has 0 unspecified atom stereocenters. The van der Waals surface area contributed by atoms with Gasteiger partial charge in [0.25, 0.3) is 0 Å². The maximum atomic E-state index is 6.72. The summed E-state index contributed by atoms with van der Waals surface area (Å²) in [7, 11) is 0. The Kier molecular flexibility index (Phi) is 3.39. The molecule has 140 valence electrons. The van der Waals surface area contributed by atoms with Gasteiger partial charge in [0.15, 0.2) is 5.65 Å². The summed E-state index contributed by atoms with van der Waals surface area (Å²) in [5, 5.41) is 8.60. The van der Waals surface area contributed by atoms with Crippen LogP contribution in [0.1, 0.15) is 38.1 Å². The van der Waals surface area contributed by atoms with E-state index in [4.69, 9.17) is 25.3 Å². The van der Waals surface area contributed by atoms with Crippen molar-refractivity contribution < 1.29 is 4.63 Å². The molecule has 0 spiro atoms. The molecule has 1 saturated carbocycles. The highest BCUT2D eigenvalue weighted by Gasteiger charge is 2.28. The number of hydrogen-bond donors (Lipinski definition) is 1. The normalized spacial score (nSPS) is 15.9. The van der Waals surface area contributed by atoms with Crippen LogP contribution in [0.5, 0.6) is 0 Å². The molecule has 2 N–H and O–H groups in total. The van der Waals surface area contributed by atoms with Gasteiger partial charge in [-0.1, -0.05) is 31.4 Å². The van der Waals surface area contributed by atoms with E-state index in [1.807, 2.05) is 18.2 Å². The van der Waals surface area contributed by atoms with E-state index in [-0.39, 0.29) is 0 Å². The second kappa shape index (κ2) is 5.96. The largest absolute Gasteiger partial charge is 0.384 e. The number of nitrogens with two attached hydrogens (primary N) is 1. The fourth-order valence-corrected chi connectivity index (χ4v) is 5.24. The minimum Gasteiger partial charge on any atom is -0.384 e. The first-order valence-electron chi connectivity index (χ1n) is 9.45. The van der Waals surface area contributed by atoms with Crippen LogP contribution in [-0.4, -0.2) is 29.8 Å². The van der Waals surface area contributed by atoms with Crippen LogP contribution in [0.25, 0.3) is 43.2 Å². The van der Waals surface area contributed by atoms with Crippen molar-refractivity contribution in [1.82, 2.24) is 29.8 Å². The molecular weight excluding hydrogens is 374 g/mol. The van der Waals surface area contributed by atoms with Crippen LogP contribution in [0.2, 0.25) is 0 Å². The number of para-hydroxylation sites is 1. The second-order valence-electron chi connectivity index (χ2n) is 7.22. The summed E-state index contributed by atoms with van der Waals surface area (Å²) in [6.45, 7) is 0. The molecule has 8 nitrogen and oxygen atoms in total. The summed E-state index contributed by atoms with van der Waals surface area (Å²) < 4.78 is 8.09. The molecule has 6 rings (SSSR count). The number of benzene rings is 1. The highest BCUT2D eigenvalue weighted by Crippen LogP contribution is 2.43. The lowest BCUT2D eigenvalue weighted by molar-refractivity contribution is 0.314. The molecule has 9 heteroatoms. The highest BCUT2D eigenvalue weighted by atomic mass is 32.1. The molecule has 1 aromatic carbocycles. The standard InChI is InChI=1S/C19H17N7OS/c20-15-13(19-21-11-8-4-5-9-12(11)28-19)14-18(23-17-16(22-14)24-27-25-17)26(15)10-6-2-1-3-7-10/h4-5,8-10H,1-3,6-7,20H2. The van der Waals surface area contributed by atoms with E-state index in [0.29, 0.717) is 28.7 Å². The molecule has 0 aliphatic heterocycles. The monoisotopic (exact) mass is 391 g/mol. The fourth-order valence-electron chi connectivity index (χ4n) is 4.22. The topological polar surface area (TPSA) is 109 Å². The van der Waals surface area contributed by atoms with Gasteiger partial charge in [-0.2, -0.15) is 0 Å². The van der Waals surface area contributed by atoms with Crippen molar-refractivity contribution in [1.29, 1.82) is 0 Å². The van der Waals surface area contributed by atoms with Crippen molar-refractivity contribution >= 4 is 49.8 Å². The van der Waals surface area contributed by atoms with Crippen LogP contribution < -0.4 is 5.73 Å². The molecule has 1 fully saturated rings. The van der Waals surface area contributed by atoms with Gasteiger partial charge in [0.05, 0.1) is 15.8 Å². The molecule has 0 atom stereocenters. The van der Waals surface area contributed by atoms with Crippen LogP contribution in [0, 0.1) is 0 Å². The quantitative estimate of drug-likeness (QED) is 0.477. The summed E-state index contributed by atoms with van der Waals surface area (Å²) in [6, 6.07) is 8.40. The Morgan fingerprint density at radius 1 is 1.00 bits per heavy atom. The van der Waals surface area contributed by atoms with Gasteiger partial charge in [0, 0.05) is 6.04 Å². The molecule has 1 aliphatic carbocycles. The van der Waals surface area contributed by atoms with Crippen LogP contribution >= 0.6 is 11.3 Å². The number of rotatable bonds is 2.